The van der Waals surface area contributed by atoms with Gasteiger partial charge in [0.25, 0.3) is 0 Å². The lowest BCUT2D eigenvalue weighted by molar-refractivity contribution is 0.281. The molecule has 0 heterocycles. The minimum Gasteiger partial charge on any atom is -0.396 e. The molecule has 1 rings (SSSR count). The van der Waals surface area contributed by atoms with Crippen LogP contribution in [0.15, 0.2) is 18.2 Å². The summed E-state index contributed by atoms with van der Waals surface area (Å²) in [5, 5.41) is 18.3. The van der Waals surface area contributed by atoms with E-state index in [9.17, 15) is 0 Å². The van der Waals surface area contributed by atoms with Crippen LogP contribution in [0.1, 0.15) is 0 Å². The molecular weight excluding hydrogens is 216 g/mol. The van der Waals surface area contributed by atoms with E-state index in [-0.39, 0.29) is 13.2 Å². The van der Waals surface area contributed by atoms with Crippen molar-refractivity contribution in [2.24, 2.45) is 0 Å². The Hall–Kier alpha value is -0.970. The predicted octanol–water partition coefficient (Wildman–Crippen LogP) is 0.713. The molecule has 1 aromatic carbocycles. The third-order valence-electron chi connectivity index (χ3n) is 2.11. The highest BCUT2D eigenvalue weighted by Crippen LogP contribution is 2.29. The van der Waals surface area contributed by atoms with E-state index in [1.54, 1.807) is 17.0 Å². The Morgan fingerprint density at radius 2 is 1.80 bits per heavy atom. The summed E-state index contributed by atoms with van der Waals surface area (Å²) in [6, 6.07) is 5.30. The molecule has 4 N–H and O–H groups in total. The van der Waals surface area contributed by atoms with E-state index < -0.39 is 0 Å². The summed E-state index contributed by atoms with van der Waals surface area (Å²) < 4.78 is 0. The van der Waals surface area contributed by atoms with E-state index in [2.05, 4.69) is 0 Å². The molecule has 0 atom stereocenters. The number of rotatable bonds is 5. The molecule has 5 heteroatoms. The molecule has 84 valence electrons. The number of nitrogens with two attached hydrogens (primary N) is 1. The number of hydrogen-bond donors (Lipinski definition) is 3. The van der Waals surface area contributed by atoms with Crippen molar-refractivity contribution in [1.29, 1.82) is 0 Å². The number of benzene rings is 1. The van der Waals surface area contributed by atoms with Crippen LogP contribution >= 0.6 is 11.6 Å². The van der Waals surface area contributed by atoms with Crippen molar-refractivity contribution in [3.05, 3.63) is 23.2 Å². The molecule has 0 radical (unpaired) electrons. The Kier molecular flexibility index (Phi) is 4.68. The number of aliphatic hydroxyl groups is 2. The highest BCUT2D eigenvalue weighted by atomic mass is 35.5. The van der Waals surface area contributed by atoms with E-state index >= 15 is 0 Å². The van der Waals surface area contributed by atoms with E-state index in [1.165, 1.54) is 0 Å². The number of nitrogens with zero attached hydrogens (tertiary/aromatic N) is 1. The van der Waals surface area contributed by atoms with Crippen LogP contribution in [0.5, 0.6) is 0 Å². The van der Waals surface area contributed by atoms with E-state index in [0.29, 0.717) is 23.8 Å². The zero-order valence-electron chi connectivity index (χ0n) is 8.36. The van der Waals surface area contributed by atoms with Crippen molar-refractivity contribution >= 4 is 23.0 Å². The van der Waals surface area contributed by atoms with Gasteiger partial charge in [-0.1, -0.05) is 17.7 Å². The van der Waals surface area contributed by atoms with Crippen LogP contribution in [0, 0.1) is 0 Å². The van der Waals surface area contributed by atoms with Gasteiger partial charge in [-0.2, -0.15) is 0 Å². The van der Waals surface area contributed by atoms with Crippen LogP contribution in [-0.4, -0.2) is 36.5 Å². The Balaban J connectivity index is 2.94. The number of aliphatic hydroxyl groups excluding tert-OH is 2. The van der Waals surface area contributed by atoms with Gasteiger partial charge in [0.15, 0.2) is 0 Å². The largest absolute Gasteiger partial charge is 0.396 e. The summed E-state index contributed by atoms with van der Waals surface area (Å²) in [5.74, 6) is 0. The second-order valence-electron chi connectivity index (χ2n) is 3.11. The van der Waals surface area contributed by atoms with Gasteiger partial charge in [-0.05, 0) is 12.1 Å². The van der Waals surface area contributed by atoms with Crippen LogP contribution in [0.4, 0.5) is 11.4 Å². The molecule has 4 nitrogen and oxygen atoms in total. The molecule has 0 spiro atoms. The summed E-state index contributed by atoms with van der Waals surface area (Å²) >= 11 is 5.88. The lowest BCUT2D eigenvalue weighted by Gasteiger charge is -2.24. The maximum atomic E-state index is 8.89. The maximum Gasteiger partial charge on any atom is 0.0741 e. The van der Waals surface area contributed by atoms with Crippen LogP contribution in [0.25, 0.3) is 0 Å². The highest BCUT2D eigenvalue weighted by Gasteiger charge is 2.10. The van der Waals surface area contributed by atoms with Gasteiger partial charge in [-0.25, -0.2) is 0 Å². The molecule has 0 aromatic heterocycles. The normalized spacial score (nSPS) is 10.3. The number of hydrogen-bond acceptors (Lipinski definition) is 4. The summed E-state index contributed by atoms with van der Waals surface area (Å²) in [5.41, 5.74) is 7.02. The summed E-state index contributed by atoms with van der Waals surface area (Å²) in [4.78, 5) is 1.79. The summed E-state index contributed by atoms with van der Waals surface area (Å²) in [7, 11) is 0. The number of para-hydroxylation sites is 1. The van der Waals surface area contributed by atoms with Crippen LogP contribution in [0.3, 0.4) is 0 Å². The molecule has 1 aromatic rings. The molecule has 0 aliphatic heterocycles. The zero-order chi connectivity index (χ0) is 11.3. The monoisotopic (exact) mass is 230 g/mol. The van der Waals surface area contributed by atoms with Crippen LogP contribution < -0.4 is 10.6 Å². The van der Waals surface area contributed by atoms with Crippen molar-refractivity contribution in [3.8, 4) is 0 Å². The third kappa shape index (κ3) is 2.99. The zero-order valence-corrected chi connectivity index (χ0v) is 9.11. The van der Waals surface area contributed by atoms with Crippen molar-refractivity contribution in [1.82, 2.24) is 0 Å². The molecule has 0 amide bonds. The first-order valence-electron chi connectivity index (χ1n) is 4.71. The molecule has 0 aliphatic rings. The Morgan fingerprint density at radius 1 is 1.20 bits per heavy atom. The van der Waals surface area contributed by atoms with Crippen molar-refractivity contribution in [2.75, 3.05) is 36.9 Å². The van der Waals surface area contributed by atoms with Gasteiger partial charge in [-0.3, -0.25) is 0 Å². The van der Waals surface area contributed by atoms with Crippen LogP contribution in [-0.2, 0) is 0 Å². The minimum absolute atomic E-state index is 0.00591. The fourth-order valence-electron chi connectivity index (χ4n) is 1.40. The second-order valence-corrected chi connectivity index (χ2v) is 3.51. The first-order valence-corrected chi connectivity index (χ1v) is 5.09. The molecular formula is C10H15ClN2O2. The molecule has 15 heavy (non-hydrogen) atoms. The number of nitrogen functional groups attached to an aromatic ring is 1. The van der Waals surface area contributed by atoms with Crippen LogP contribution in [0.2, 0.25) is 5.02 Å². The Bertz CT molecular complexity index is 314. The van der Waals surface area contributed by atoms with Gasteiger partial charge in [0.05, 0.1) is 29.6 Å². The topological polar surface area (TPSA) is 69.7 Å². The first-order chi connectivity index (χ1) is 7.20. The Labute approximate surface area is 93.9 Å². The molecule has 0 saturated carbocycles. The Morgan fingerprint density at radius 3 is 2.33 bits per heavy atom. The fourth-order valence-corrected chi connectivity index (χ4v) is 1.57. The van der Waals surface area contributed by atoms with E-state index in [4.69, 9.17) is 27.5 Å². The third-order valence-corrected chi connectivity index (χ3v) is 2.44. The predicted molar refractivity (Wildman–Crippen MR) is 62.2 cm³/mol. The lowest BCUT2D eigenvalue weighted by Crippen LogP contribution is -2.30. The van der Waals surface area contributed by atoms with Crippen molar-refractivity contribution in [3.63, 3.8) is 0 Å². The summed E-state index contributed by atoms with van der Waals surface area (Å²) in [6.07, 6.45) is 0. The molecule has 0 saturated heterocycles. The maximum absolute atomic E-state index is 8.89. The number of halogens is 1. The fraction of sp³-hybridized carbons (Fsp3) is 0.400. The highest BCUT2D eigenvalue weighted by molar-refractivity contribution is 6.33. The van der Waals surface area contributed by atoms with Gasteiger partial charge in [-0.15, -0.1) is 0 Å². The average molecular weight is 231 g/mol. The van der Waals surface area contributed by atoms with Gasteiger partial charge in [0.2, 0.25) is 0 Å². The van der Waals surface area contributed by atoms with E-state index in [0.717, 1.165) is 5.69 Å². The standard InChI is InChI=1S/C10H15ClN2O2/c11-8-2-1-3-9(10(8)12)13(4-6-14)5-7-15/h1-3,14-15H,4-7,12H2. The van der Waals surface area contributed by atoms with Gasteiger partial charge < -0.3 is 20.8 Å². The smallest absolute Gasteiger partial charge is 0.0741 e. The van der Waals surface area contributed by atoms with Gasteiger partial charge in [0.1, 0.15) is 0 Å². The first kappa shape index (κ1) is 12.1. The van der Waals surface area contributed by atoms with E-state index in [1.807, 2.05) is 6.07 Å². The number of anilines is 2. The van der Waals surface area contributed by atoms with Crippen molar-refractivity contribution < 1.29 is 10.2 Å². The molecule has 0 fully saturated rings. The average Bonchev–Trinajstić information content (AvgIpc) is 2.22. The molecule has 0 aliphatic carbocycles. The summed E-state index contributed by atoms with van der Waals surface area (Å²) in [6.45, 7) is 0.855. The lowest BCUT2D eigenvalue weighted by atomic mass is 10.2. The SMILES string of the molecule is Nc1c(Cl)cccc1N(CCO)CCO. The van der Waals surface area contributed by atoms with Gasteiger partial charge in [0, 0.05) is 13.1 Å². The second kappa shape index (κ2) is 5.80. The minimum atomic E-state index is 0.00591. The molecule has 0 bridgehead atoms. The molecule has 0 unspecified atom stereocenters. The van der Waals surface area contributed by atoms with Crippen molar-refractivity contribution in [2.45, 2.75) is 0 Å². The quantitative estimate of drug-likeness (QED) is 0.652. The van der Waals surface area contributed by atoms with Gasteiger partial charge >= 0.3 is 0 Å².